The van der Waals surface area contributed by atoms with Crippen molar-refractivity contribution in [2.45, 2.75) is 13.8 Å². The molecule has 0 fully saturated rings. The molecule has 0 saturated carbocycles. The summed E-state index contributed by atoms with van der Waals surface area (Å²) in [6, 6.07) is 12.5. The maximum atomic E-state index is 11.9. The SMILES string of the molecule is CCOC(=O)c1cc(-c2ccccc2)cc(C(=O)OCC)[o+]1. The van der Waals surface area contributed by atoms with Gasteiger partial charge in [0, 0.05) is 5.56 Å². The average Bonchev–Trinajstić information content (AvgIpc) is 2.55. The number of benzene rings is 1. The fraction of sp³-hybridized carbons (Fsp3) is 0.235. The van der Waals surface area contributed by atoms with Crippen LogP contribution in [-0.2, 0) is 9.47 Å². The highest BCUT2D eigenvalue weighted by Gasteiger charge is 2.30. The van der Waals surface area contributed by atoms with Gasteiger partial charge in [-0.2, -0.15) is 4.42 Å². The van der Waals surface area contributed by atoms with Crippen LogP contribution in [0.5, 0.6) is 0 Å². The van der Waals surface area contributed by atoms with Crippen LogP contribution in [0.1, 0.15) is 35.0 Å². The first-order valence-electron chi connectivity index (χ1n) is 7.03. The predicted octanol–water partition coefficient (Wildman–Crippen LogP) is 3.58. The molecule has 0 unspecified atom stereocenters. The standard InChI is InChI=1S/C17H17O5/c1-3-20-16(18)14-10-13(12-8-6-5-7-9-12)11-15(22-14)17(19)21-4-2/h5-11H,3-4H2,1-2H3/q+1. The van der Waals surface area contributed by atoms with Gasteiger partial charge in [-0.25, -0.2) is 9.59 Å². The maximum absolute atomic E-state index is 11.9. The van der Waals surface area contributed by atoms with Crippen molar-refractivity contribution >= 4 is 11.9 Å². The third-order valence-electron chi connectivity index (χ3n) is 2.85. The van der Waals surface area contributed by atoms with Crippen LogP contribution in [0.3, 0.4) is 0 Å². The second-order valence-corrected chi connectivity index (χ2v) is 4.38. The fourth-order valence-electron chi connectivity index (χ4n) is 1.90. The lowest BCUT2D eigenvalue weighted by molar-refractivity contribution is 0.0447. The first-order valence-corrected chi connectivity index (χ1v) is 7.03. The first-order chi connectivity index (χ1) is 10.7. The molecule has 2 aromatic rings. The Morgan fingerprint density at radius 1 is 0.864 bits per heavy atom. The normalized spacial score (nSPS) is 10.1. The zero-order valence-electron chi connectivity index (χ0n) is 12.5. The van der Waals surface area contributed by atoms with Crippen molar-refractivity contribution in [1.82, 2.24) is 0 Å². The van der Waals surface area contributed by atoms with Crippen molar-refractivity contribution < 1.29 is 23.5 Å². The van der Waals surface area contributed by atoms with Gasteiger partial charge >= 0.3 is 23.5 Å². The van der Waals surface area contributed by atoms with E-state index >= 15 is 0 Å². The number of carbonyl (C=O) groups is 2. The van der Waals surface area contributed by atoms with Crippen LogP contribution in [0.4, 0.5) is 0 Å². The molecule has 0 saturated heterocycles. The lowest BCUT2D eigenvalue weighted by Gasteiger charge is -2.01. The van der Waals surface area contributed by atoms with E-state index in [1.807, 2.05) is 30.3 Å². The molecule has 0 atom stereocenters. The molecule has 1 heterocycles. The zero-order valence-corrected chi connectivity index (χ0v) is 12.5. The summed E-state index contributed by atoms with van der Waals surface area (Å²) in [5.74, 6) is -1.31. The topological polar surface area (TPSA) is 63.9 Å². The van der Waals surface area contributed by atoms with E-state index in [2.05, 4.69) is 0 Å². The van der Waals surface area contributed by atoms with Crippen LogP contribution in [0.25, 0.3) is 11.1 Å². The van der Waals surface area contributed by atoms with Crippen LogP contribution in [-0.4, -0.2) is 25.2 Å². The molecule has 5 heteroatoms. The van der Waals surface area contributed by atoms with Crippen molar-refractivity contribution in [2.75, 3.05) is 13.2 Å². The maximum Gasteiger partial charge on any atom is 0.438 e. The number of hydrogen-bond acceptors (Lipinski definition) is 4. The molecule has 1 aromatic heterocycles. The molecular weight excluding hydrogens is 284 g/mol. The quantitative estimate of drug-likeness (QED) is 0.624. The molecule has 22 heavy (non-hydrogen) atoms. The summed E-state index contributed by atoms with van der Waals surface area (Å²) in [6.07, 6.45) is 0. The van der Waals surface area contributed by atoms with Gasteiger partial charge in [0.2, 0.25) is 0 Å². The largest absolute Gasteiger partial charge is 0.456 e. The Labute approximate surface area is 128 Å². The van der Waals surface area contributed by atoms with E-state index in [-0.39, 0.29) is 24.7 Å². The molecule has 0 N–H and O–H groups in total. The highest BCUT2D eigenvalue weighted by molar-refractivity contribution is 5.92. The molecule has 0 spiro atoms. The highest BCUT2D eigenvalue weighted by atomic mass is 16.6. The monoisotopic (exact) mass is 301 g/mol. The minimum Gasteiger partial charge on any atom is -0.456 e. The van der Waals surface area contributed by atoms with Gasteiger partial charge in [-0.1, -0.05) is 30.3 Å². The summed E-state index contributed by atoms with van der Waals surface area (Å²) >= 11 is 0. The average molecular weight is 301 g/mol. The molecule has 1 aromatic carbocycles. The van der Waals surface area contributed by atoms with Gasteiger partial charge in [-0.15, -0.1) is 0 Å². The summed E-state index contributed by atoms with van der Waals surface area (Å²) in [7, 11) is 0. The summed E-state index contributed by atoms with van der Waals surface area (Å²) in [4.78, 5) is 23.8. The number of esters is 2. The van der Waals surface area contributed by atoms with Gasteiger partial charge in [0.15, 0.2) is 0 Å². The van der Waals surface area contributed by atoms with Crippen LogP contribution in [0.15, 0.2) is 46.9 Å². The van der Waals surface area contributed by atoms with Gasteiger partial charge in [0.25, 0.3) is 0 Å². The Balaban J connectivity index is 2.49. The fourth-order valence-corrected chi connectivity index (χ4v) is 1.90. The Hall–Kier alpha value is -2.69. The number of rotatable bonds is 5. The summed E-state index contributed by atoms with van der Waals surface area (Å²) in [5.41, 5.74) is 1.53. The summed E-state index contributed by atoms with van der Waals surface area (Å²) in [6.45, 7) is 3.84. The van der Waals surface area contributed by atoms with Gasteiger partial charge in [0.1, 0.15) is 0 Å². The van der Waals surface area contributed by atoms with Crippen LogP contribution < -0.4 is 0 Å². The molecule has 0 aliphatic rings. The van der Waals surface area contributed by atoms with E-state index in [0.717, 1.165) is 5.56 Å². The van der Waals surface area contributed by atoms with Crippen molar-refractivity contribution in [2.24, 2.45) is 0 Å². The number of ether oxygens (including phenoxy) is 2. The van der Waals surface area contributed by atoms with Crippen molar-refractivity contribution in [3.05, 3.63) is 54.0 Å². The van der Waals surface area contributed by atoms with Crippen molar-refractivity contribution in [1.29, 1.82) is 0 Å². The molecule has 2 rings (SSSR count). The second-order valence-electron chi connectivity index (χ2n) is 4.38. The predicted molar refractivity (Wildman–Crippen MR) is 80.5 cm³/mol. The van der Waals surface area contributed by atoms with Gasteiger partial charge < -0.3 is 9.47 Å². The third kappa shape index (κ3) is 3.69. The molecule has 0 radical (unpaired) electrons. The van der Waals surface area contributed by atoms with Crippen molar-refractivity contribution in [3.8, 4) is 11.1 Å². The van der Waals surface area contributed by atoms with E-state index in [1.165, 1.54) is 0 Å². The van der Waals surface area contributed by atoms with Crippen LogP contribution in [0, 0.1) is 0 Å². The van der Waals surface area contributed by atoms with E-state index in [0.29, 0.717) is 5.56 Å². The Morgan fingerprint density at radius 2 is 1.36 bits per heavy atom. The minimum absolute atomic E-state index is 0.0359. The number of carbonyl (C=O) groups excluding carboxylic acids is 2. The smallest absolute Gasteiger partial charge is 0.438 e. The van der Waals surface area contributed by atoms with E-state index in [9.17, 15) is 9.59 Å². The third-order valence-corrected chi connectivity index (χ3v) is 2.85. The van der Waals surface area contributed by atoms with Crippen LogP contribution >= 0.6 is 0 Å². The molecule has 114 valence electrons. The van der Waals surface area contributed by atoms with Gasteiger partial charge in [-0.3, -0.25) is 0 Å². The van der Waals surface area contributed by atoms with E-state index in [1.54, 1.807) is 26.0 Å². The lowest BCUT2D eigenvalue weighted by atomic mass is 10.1. The van der Waals surface area contributed by atoms with Gasteiger partial charge in [-0.05, 0) is 19.4 Å². The Kier molecular flexibility index (Phi) is 5.25. The van der Waals surface area contributed by atoms with Gasteiger partial charge in [0.05, 0.1) is 25.3 Å². The Bertz CT molecular complexity index is 628. The highest BCUT2D eigenvalue weighted by Crippen LogP contribution is 2.23. The molecule has 0 amide bonds. The Morgan fingerprint density at radius 3 is 1.82 bits per heavy atom. The minimum atomic E-state index is -0.620. The molecule has 0 aliphatic carbocycles. The van der Waals surface area contributed by atoms with E-state index < -0.39 is 11.9 Å². The first kappa shape index (κ1) is 15.7. The lowest BCUT2D eigenvalue weighted by Crippen LogP contribution is -2.09. The second kappa shape index (κ2) is 7.36. The molecule has 0 aliphatic heterocycles. The number of hydrogen-bond donors (Lipinski definition) is 0. The summed E-state index contributed by atoms with van der Waals surface area (Å²) < 4.78 is 15.2. The van der Waals surface area contributed by atoms with Crippen LogP contribution in [0.2, 0.25) is 0 Å². The summed E-state index contributed by atoms with van der Waals surface area (Å²) in [5, 5.41) is 0. The zero-order chi connectivity index (χ0) is 15.9. The van der Waals surface area contributed by atoms with E-state index in [4.69, 9.17) is 13.9 Å². The van der Waals surface area contributed by atoms with Crippen molar-refractivity contribution in [3.63, 3.8) is 0 Å². The molecule has 0 bridgehead atoms. The molecule has 5 nitrogen and oxygen atoms in total. The molecular formula is C17H17O5+.